The van der Waals surface area contributed by atoms with E-state index in [-0.39, 0.29) is 6.61 Å². The third-order valence-electron chi connectivity index (χ3n) is 3.62. The van der Waals surface area contributed by atoms with Gasteiger partial charge in [-0.3, -0.25) is 4.90 Å². The van der Waals surface area contributed by atoms with Crippen molar-refractivity contribution in [1.29, 1.82) is 0 Å². The van der Waals surface area contributed by atoms with Crippen molar-refractivity contribution >= 4 is 26.9 Å². The van der Waals surface area contributed by atoms with Crippen LogP contribution in [0.25, 0.3) is 11.0 Å². The summed E-state index contributed by atoms with van der Waals surface area (Å²) in [6.45, 7) is 4.90. The minimum absolute atomic E-state index is 0.0450. The molecule has 1 N–H and O–H groups in total. The Labute approximate surface area is 131 Å². The Morgan fingerprint density at radius 1 is 1.29 bits per heavy atom. The fourth-order valence-electron chi connectivity index (χ4n) is 2.46. The molecule has 0 spiro atoms. The molecule has 1 aliphatic heterocycles. The van der Waals surface area contributed by atoms with Crippen molar-refractivity contribution in [3.63, 3.8) is 0 Å². The van der Waals surface area contributed by atoms with E-state index in [0.29, 0.717) is 17.9 Å². The van der Waals surface area contributed by atoms with Gasteiger partial charge in [0.15, 0.2) is 11.3 Å². The number of morpholine rings is 1. The Bertz CT molecular complexity index is 607. The maximum Gasteiger partial charge on any atom is 0.176 e. The minimum Gasteiger partial charge on any atom is -0.488 e. The van der Waals surface area contributed by atoms with Gasteiger partial charge in [-0.25, -0.2) is 0 Å². The molecule has 0 bridgehead atoms. The van der Waals surface area contributed by atoms with Gasteiger partial charge in [0.2, 0.25) is 0 Å². The Morgan fingerprint density at radius 3 is 2.86 bits per heavy atom. The number of aliphatic hydroxyl groups excluding tert-OH is 1. The van der Waals surface area contributed by atoms with E-state index in [2.05, 4.69) is 20.8 Å². The molecule has 6 heteroatoms. The highest BCUT2D eigenvalue weighted by Gasteiger charge is 2.14. The van der Waals surface area contributed by atoms with Crippen LogP contribution >= 0.6 is 15.9 Å². The standard InChI is InChI=1S/C15H18BrNO4/c16-12-7-13-11(9-18)10-21-15(13)14(8-12)20-6-3-17-1-4-19-5-2-17/h7-8,10,18H,1-6,9H2. The van der Waals surface area contributed by atoms with Crippen molar-refractivity contribution in [2.45, 2.75) is 6.61 Å². The van der Waals surface area contributed by atoms with Gasteiger partial charge in [-0.1, -0.05) is 15.9 Å². The molecule has 2 aromatic rings. The minimum atomic E-state index is -0.0450. The van der Waals surface area contributed by atoms with Gasteiger partial charge in [0.05, 0.1) is 26.1 Å². The summed E-state index contributed by atoms with van der Waals surface area (Å²) in [7, 11) is 0. The molecule has 0 unspecified atom stereocenters. The first-order valence-electron chi connectivity index (χ1n) is 7.01. The summed E-state index contributed by atoms with van der Waals surface area (Å²) in [5.74, 6) is 0.701. The van der Waals surface area contributed by atoms with Gasteiger partial charge in [0.25, 0.3) is 0 Å². The van der Waals surface area contributed by atoms with Crippen molar-refractivity contribution in [1.82, 2.24) is 4.90 Å². The molecule has 0 amide bonds. The molecule has 0 radical (unpaired) electrons. The Hall–Kier alpha value is -1.08. The molecular formula is C15H18BrNO4. The average molecular weight is 356 g/mol. The van der Waals surface area contributed by atoms with Crippen molar-refractivity contribution in [2.75, 3.05) is 39.5 Å². The van der Waals surface area contributed by atoms with Gasteiger partial charge in [-0.2, -0.15) is 0 Å². The summed E-state index contributed by atoms with van der Waals surface area (Å²) in [6.07, 6.45) is 1.58. The zero-order valence-electron chi connectivity index (χ0n) is 11.7. The van der Waals surface area contributed by atoms with Crippen LogP contribution in [0.4, 0.5) is 0 Å². The number of hydrogen-bond acceptors (Lipinski definition) is 5. The van der Waals surface area contributed by atoms with Gasteiger partial charge >= 0.3 is 0 Å². The Morgan fingerprint density at radius 2 is 2.10 bits per heavy atom. The predicted octanol–water partition coefficient (Wildman–Crippen LogP) is 2.40. The number of rotatable bonds is 5. The number of aliphatic hydroxyl groups is 1. The van der Waals surface area contributed by atoms with Crippen LogP contribution in [0.2, 0.25) is 0 Å². The van der Waals surface area contributed by atoms with E-state index in [0.717, 1.165) is 48.3 Å². The lowest BCUT2D eigenvalue weighted by atomic mass is 10.2. The Balaban J connectivity index is 1.69. The van der Waals surface area contributed by atoms with Crippen molar-refractivity contribution in [3.05, 3.63) is 28.4 Å². The first-order chi connectivity index (χ1) is 10.3. The molecule has 114 valence electrons. The predicted molar refractivity (Wildman–Crippen MR) is 82.6 cm³/mol. The van der Waals surface area contributed by atoms with Crippen molar-refractivity contribution < 1.29 is 19.0 Å². The molecule has 1 aromatic heterocycles. The SMILES string of the molecule is OCc1coc2c(OCCN3CCOCC3)cc(Br)cc12. The largest absolute Gasteiger partial charge is 0.488 e. The number of ether oxygens (including phenoxy) is 2. The molecule has 0 atom stereocenters. The summed E-state index contributed by atoms with van der Waals surface area (Å²) >= 11 is 3.47. The lowest BCUT2D eigenvalue weighted by Gasteiger charge is -2.26. The number of furan rings is 1. The molecule has 1 fully saturated rings. The number of fused-ring (bicyclic) bond motifs is 1. The van der Waals surface area contributed by atoms with Crippen LogP contribution in [0.5, 0.6) is 5.75 Å². The molecule has 0 aliphatic carbocycles. The topological polar surface area (TPSA) is 55.1 Å². The van der Waals surface area contributed by atoms with Gasteiger partial charge in [0, 0.05) is 35.1 Å². The molecular weight excluding hydrogens is 338 g/mol. The van der Waals surface area contributed by atoms with Crippen LogP contribution < -0.4 is 4.74 Å². The van der Waals surface area contributed by atoms with Gasteiger partial charge in [-0.15, -0.1) is 0 Å². The molecule has 1 aliphatic rings. The summed E-state index contributed by atoms with van der Waals surface area (Å²) in [4.78, 5) is 2.32. The first kappa shape index (κ1) is 14.8. The van der Waals surface area contributed by atoms with E-state index in [1.54, 1.807) is 6.26 Å². The van der Waals surface area contributed by atoms with E-state index >= 15 is 0 Å². The lowest BCUT2D eigenvalue weighted by Crippen LogP contribution is -2.38. The van der Waals surface area contributed by atoms with Crippen LogP contribution in [-0.2, 0) is 11.3 Å². The van der Waals surface area contributed by atoms with Crippen molar-refractivity contribution in [2.24, 2.45) is 0 Å². The maximum absolute atomic E-state index is 9.32. The molecule has 1 saturated heterocycles. The fraction of sp³-hybridized carbons (Fsp3) is 0.467. The maximum atomic E-state index is 9.32. The van der Waals surface area contributed by atoms with E-state index in [1.807, 2.05) is 12.1 Å². The molecule has 3 rings (SSSR count). The fourth-order valence-corrected chi connectivity index (χ4v) is 2.90. The van der Waals surface area contributed by atoms with E-state index in [1.165, 1.54) is 0 Å². The zero-order valence-corrected chi connectivity index (χ0v) is 13.3. The highest BCUT2D eigenvalue weighted by molar-refractivity contribution is 9.10. The smallest absolute Gasteiger partial charge is 0.176 e. The third-order valence-corrected chi connectivity index (χ3v) is 4.08. The molecule has 0 saturated carbocycles. The van der Waals surface area contributed by atoms with Crippen LogP contribution in [0.1, 0.15) is 5.56 Å². The highest BCUT2D eigenvalue weighted by atomic mass is 79.9. The quantitative estimate of drug-likeness (QED) is 0.892. The number of halogens is 1. The van der Waals surface area contributed by atoms with Gasteiger partial charge in [-0.05, 0) is 12.1 Å². The van der Waals surface area contributed by atoms with Crippen molar-refractivity contribution in [3.8, 4) is 5.75 Å². The molecule has 5 nitrogen and oxygen atoms in total. The molecule has 21 heavy (non-hydrogen) atoms. The van der Waals surface area contributed by atoms with Crippen LogP contribution in [0.15, 0.2) is 27.3 Å². The van der Waals surface area contributed by atoms with Gasteiger partial charge in [0.1, 0.15) is 6.61 Å². The normalized spacial score (nSPS) is 16.5. The summed E-state index contributed by atoms with van der Waals surface area (Å²) in [5.41, 5.74) is 1.45. The third kappa shape index (κ3) is 3.40. The highest BCUT2D eigenvalue weighted by Crippen LogP contribution is 2.33. The number of benzene rings is 1. The number of hydrogen-bond donors (Lipinski definition) is 1. The molecule has 2 heterocycles. The number of nitrogens with zero attached hydrogens (tertiary/aromatic N) is 1. The second-order valence-electron chi connectivity index (χ2n) is 5.00. The van der Waals surface area contributed by atoms with E-state index < -0.39 is 0 Å². The average Bonchev–Trinajstić information content (AvgIpc) is 2.91. The molecule has 1 aromatic carbocycles. The first-order valence-corrected chi connectivity index (χ1v) is 7.80. The van der Waals surface area contributed by atoms with Crippen LogP contribution in [0.3, 0.4) is 0 Å². The second-order valence-corrected chi connectivity index (χ2v) is 5.92. The van der Waals surface area contributed by atoms with Crippen LogP contribution in [0, 0.1) is 0 Å². The van der Waals surface area contributed by atoms with Gasteiger partial charge < -0.3 is 19.0 Å². The van der Waals surface area contributed by atoms with Crippen LogP contribution in [-0.4, -0.2) is 49.5 Å². The summed E-state index contributed by atoms with van der Waals surface area (Å²) < 4.78 is 17.6. The van der Waals surface area contributed by atoms with E-state index in [4.69, 9.17) is 13.9 Å². The van der Waals surface area contributed by atoms with E-state index in [9.17, 15) is 5.11 Å². The summed E-state index contributed by atoms with van der Waals surface area (Å²) in [6, 6.07) is 3.82. The Kier molecular flexibility index (Phi) is 4.80. The lowest BCUT2D eigenvalue weighted by molar-refractivity contribution is 0.0323. The monoisotopic (exact) mass is 355 g/mol. The second kappa shape index (κ2) is 6.79. The summed E-state index contributed by atoms with van der Waals surface area (Å²) in [5, 5.41) is 10.2. The zero-order chi connectivity index (χ0) is 14.7.